The number of carbonyl (C=O) groups is 1. The fourth-order valence-corrected chi connectivity index (χ4v) is 3.36. The normalized spacial score (nSPS) is 10.8. The van der Waals surface area contributed by atoms with Crippen LogP contribution in [0.3, 0.4) is 0 Å². The Bertz CT molecular complexity index is 1120. The summed E-state index contributed by atoms with van der Waals surface area (Å²) in [6.45, 7) is 0.00287. The van der Waals surface area contributed by atoms with E-state index in [0.717, 1.165) is 16.8 Å². The van der Waals surface area contributed by atoms with Crippen molar-refractivity contribution in [3.63, 3.8) is 0 Å². The molecule has 0 saturated carbocycles. The van der Waals surface area contributed by atoms with Gasteiger partial charge >= 0.3 is 0 Å². The van der Waals surface area contributed by atoms with Crippen LogP contribution >= 0.6 is 0 Å². The second-order valence-corrected chi connectivity index (χ2v) is 7.04. The van der Waals surface area contributed by atoms with E-state index in [1.165, 1.54) is 12.1 Å². The molecule has 0 saturated heterocycles. The number of nitrogens with one attached hydrogen (secondary N) is 1. The third kappa shape index (κ3) is 4.70. The molecule has 5 nitrogen and oxygen atoms in total. The van der Waals surface area contributed by atoms with Gasteiger partial charge in [-0.3, -0.25) is 4.79 Å². The molecule has 1 heterocycles. The van der Waals surface area contributed by atoms with E-state index in [-0.39, 0.29) is 24.4 Å². The highest BCUT2D eigenvalue weighted by Gasteiger charge is 2.18. The minimum Gasteiger partial charge on any atom is -0.440 e. The number of benzene rings is 3. The van der Waals surface area contributed by atoms with Gasteiger partial charge in [0.05, 0.1) is 0 Å². The van der Waals surface area contributed by atoms with E-state index in [9.17, 15) is 9.18 Å². The molecule has 31 heavy (non-hydrogen) atoms. The van der Waals surface area contributed by atoms with Crippen LogP contribution in [-0.2, 0) is 17.8 Å². The van der Waals surface area contributed by atoms with Crippen LogP contribution in [0, 0.1) is 5.82 Å². The molecule has 0 aliphatic heterocycles. The fourth-order valence-electron chi connectivity index (χ4n) is 3.36. The Morgan fingerprint density at radius 1 is 0.935 bits per heavy atom. The molecule has 1 aromatic heterocycles. The van der Waals surface area contributed by atoms with Crippen LogP contribution in [0.4, 0.5) is 10.1 Å². The molecule has 0 radical (unpaired) electrons. The quantitative estimate of drug-likeness (QED) is 0.436. The molecule has 3 N–H and O–H groups in total. The van der Waals surface area contributed by atoms with Gasteiger partial charge in [0.25, 0.3) is 0 Å². The zero-order chi connectivity index (χ0) is 21.6. The van der Waals surface area contributed by atoms with Crippen LogP contribution in [-0.4, -0.2) is 10.9 Å². The van der Waals surface area contributed by atoms with Gasteiger partial charge in [-0.05, 0) is 12.1 Å². The molecule has 4 aromatic rings. The largest absolute Gasteiger partial charge is 0.440 e. The highest BCUT2D eigenvalue weighted by molar-refractivity contribution is 5.91. The number of nitrogens with zero attached hydrogens (tertiary/aromatic N) is 1. The van der Waals surface area contributed by atoms with Crippen molar-refractivity contribution >= 4 is 11.6 Å². The predicted octanol–water partition coefficient (Wildman–Crippen LogP) is 5.18. The number of rotatable bonds is 7. The minimum atomic E-state index is -0.437. The maximum absolute atomic E-state index is 13.9. The van der Waals surface area contributed by atoms with Crippen molar-refractivity contribution in [2.45, 2.75) is 19.4 Å². The summed E-state index contributed by atoms with van der Waals surface area (Å²) in [5.41, 5.74) is 8.86. The van der Waals surface area contributed by atoms with E-state index < -0.39 is 5.82 Å². The molecule has 0 atom stereocenters. The van der Waals surface area contributed by atoms with Gasteiger partial charge < -0.3 is 15.5 Å². The fraction of sp³-hybridized carbons (Fsp3) is 0.120. The monoisotopic (exact) mass is 415 g/mol. The molecule has 156 valence electrons. The Hall–Kier alpha value is -3.77. The van der Waals surface area contributed by atoms with Crippen molar-refractivity contribution in [2.24, 2.45) is 5.73 Å². The topological polar surface area (TPSA) is 81.1 Å². The van der Waals surface area contributed by atoms with E-state index >= 15 is 0 Å². The second-order valence-electron chi connectivity index (χ2n) is 7.04. The van der Waals surface area contributed by atoms with E-state index in [0.29, 0.717) is 23.8 Å². The lowest BCUT2D eigenvalue weighted by Gasteiger charge is -2.10. The summed E-state index contributed by atoms with van der Waals surface area (Å²) in [7, 11) is 0. The molecule has 0 unspecified atom stereocenters. The molecule has 3 aromatic carbocycles. The summed E-state index contributed by atoms with van der Waals surface area (Å²) >= 11 is 0. The van der Waals surface area contributed by atoms with Gasteiger partial charge in [0, 0.05) is 41.8 Å². The standard InChI is InChI=1S/C25H22FN3O2/c26-20-12-7-13-21(19(20)16-27)28-22(30)14-15-23-29-24(17-8-3-1-4-9-17)25(31-23)18-10-5-2-6-11-18/h1-13H,14-16,27H2,(H,28,30). The minimum absolute atomic E-state index is 0.00287. The second kappa shape index (κ2) is 9.36. The molecule has 0 aliphatic rings. The highest BCUT2D eigenvalue weighted by atomic mass is 19.1. The lowest BCUT2D eigenvalue weighted by Crippen LogP contribution is -2.15. The maximum Gasteiger partial charge on any atom is 0.224 e. The number of anilines is 1. The van der Waals surface area contributed by atoms with Crippen molar-refractivity contribution in [3.05, 3.63) is 96.1 Å². The molecule has 0 aliphatic carbocycles. The summed E-state index contributed by atoms with van der Waals surface area (Å²) in [5, 5.41) is 2.73. The van der Waals surface area contributed by atoms with Gasteiger partial charge in [-0.25, -0.2) is 9.37 Å². The summed E-state index contributed by atoms with van der Waals surface area (Å²) in [6.07, 6.45) is 0.454. The van der Waals surface area contributed by atoms with Crippen LogP contribution < -0.4 is 11.1 Å². The number of aryl methyl sites for hydroxylation is 1. The van der Waals surface area contributed by atoms with Crippen molar-refractivity contribution in [1.82, 2.24) is 4.98 Å². The Labute approximate surface area is 179 Å². The van der Waals surface area contributed by atoms with E-state index in [4.69, 9.17) is 10.2 Å². The number of halogens is 1. The third-order valence-electron chi connectivity index (χ3n) is 4.92. The first kappa shape index (κ1) is 20.5. The number of hydrogen-bond donors (Lipinski definition) is 2. The molecule has 0 bridgehead atoms. The van der Waals surface area contributed by atoms with Crippen molar-refractivity contribution in [1.29, 1.82) is 0 Å². The Balaban J connectivity index is 1.54. The van der Waals surface area contributed by atoms with Gasteiger partial charge in [0.15, 0.2) is 11.7 Å². The molecular formula is C25H22FN3O2. The zero-order valence-electron chi connectivity index (χ0n) is 16.8. The lowest BCUT2D eigenvalue weighted by atomic mass is 10.1. The summed E-state index contributed by atoms with van der Waals surface area (Å²) in [4.78, 5) is 17.1. The summed E-state index contributed by atoms with van der Waals surface area (Å²) in [5.74, 6) is 0.429. The Kier molecular flexibility index (Phi) is 6.19. The van der Waals surface area contributed by atoms with Gasteiger partial charge in [-0.2, -0.15) is 0 Å². The van der Waals surface area contributed by atoms with Gasteiger partial charge in [0.1, 0.15) is 11.5 Å². The summed E-state index contributed by atoms with van der Waals surface area (Å²) < 4.78 is 19.9. The third-order valence-corrected chi connectivity index (χ3v) is 4.92. The van der Waals surface area contributed by atoms with E-state index in [2.05, 4.69) is 10.3 Å². The van der Waals surface area contributed by atoms with Gasteiger partial charge in [0.2, 0.25) is 5.91 Å². The first-order valence-corrected chi connectivity index (χ1v) is 10.0. The number of nitrogens with two attached hydrogens (primary N) is 1. The average molecular weight is 415 g/mol. The van der Waals surface area contributed by atoms with E-state index in [1.807, 2.05) is 60.7 Å². The van der Waals surface area contributed by atoms with Gasteiger partial charge in [-0.15, -0.1) is 0 Å². The van der Waals surface area contributed by atoms with E-state index in [1.54, 1.807) is 6.07 Å². The van der Waals surface area contributed by atoms with Crippen LogP contribution in [0.5, 0.6) is 0 Å². The highest BCUT2D eigenvalue weighted by Crippen LogP contribution is 2.32. The van der Waals surface area contributed by atoms with Crippen LogP contribution in [0.15, 0.2) is 83.3 Å². The lowest BCUT2D eigenvalue weighted by molar-refractivity contribution is -0.116. The van der Waals surface area contributed by atoms with Gasteiger partial charge in [-0.1, -0.05) is 66.7 Å². The predicted molar refractivity (Wildman–Crippen MR) is 119 cm³/mol. The Morgan fingerprint density at radius 2 is 1.61 bits per heavy atom. The zero-order valence-corrected chi connectivity index (χ0v) is 16.8. The number of amides is 1. The first-order valence-electron chi connectivity index (χ1n) is 10.0. The first-order chi connectivity index (χ1) is 15.2. The number of carbonyl (C=O) groups excluding carboxylic acids is 1. The smallest absolute Gasteiger partial charge is 0.224 e. The van der Waals surface area contributed by atoms with Crippen LogP contribution in [0.1, 0.15) is 17.9 Å². The maximum atomic E-state index is 13.9. The number of oxazole rings is 1. The number of aromatic nitrogens is 1. The molecule has 6 heteroatoms. The van der Waals surface area contributed by atoms with Crippen LogP contribution in [0.25, 0.3) is 22.6 Å². The van der Waals surface area contributed by atoms with Crippen molar-refractivity contribution in [3.8, 4) is 22.6 Å². The molecule has 4 rings (SSSR count). The molecule has 0 fully saturated rings. The summed E-state index contributed by atoms with van der Waals surface area (Å²) in [6, 6.07) is 24.0. The van der Waals surface area contributed by atoms with Crippen molar-refractivity contribution in [2.75, 3.05) is 5.32 Å². The molecule has 0 spiro atoms. The molecular weight excluding hydrogens is 393 g/mol. The number of hydrogen-bond acceptors (Lipinski definition) is 4. The van der Waals surface area contributed by atoms with Crippen LogP contribution in [0.2, 0.25) is 0 Å². The van der Waals surface area contributed by atoms with Crippen molar-refractivity contribution < 1.29 is 13.6 Å². The SMILES string of the molecule is NCc1c(F)cccc1NC(=O)CCc1nc(-c2ccccc2)c(-c2ccccc2)o1. The Morgan fingerprint density at radius 3 is 2.29 bits per heavy atom. The molecule has 1 amide bonds. The average Bonchev–Trinajstić information content (AvgIpc) is 3.23.